The maximum Gasteiger partial charge on any atom is 0.320 e. The van der Waals surface area contributed by atoms with Crippen molar-refractivity contribution in [1.82, 2.24) is 10.2 Å². The first-order valence-corrected chi connectivity index (χ1v) is 8.19. The van der Waals surface area contributed by atoms with Crippen LogP contribution in [-0.4, -0.2) is 53.5 Å². The van der Waals surface area contributed by atoms with Crippen molar-refractivity contribution >= 4 is 17.8 Å². The highest BCUT2D eigenvalue weighted by Gasteiger charge is 2.29. The van der Waals surface area contributed by atoms with Crippen molar-refractivity contribution in [2.24, 2.45) is 5.73 Å². The Balaban J connectivity index is 1.79. The molecule has 136 valence electrons. The van der Waals surface area contributed by atoms with Gasteiger partial charge in [0.25, 0.3) is 5.91 Å². The molecule has 0 aliphatic carbocycles. The number of nitrogens with one attached hydrogen (secondary N) is 1. The van der Waals surface area contributed by atoms with Crippen LogP contribution >= 0.6 is 0 Å². The number of hydrogen-bond acceptors (Lipinski definition) is 5. The highest BCUT2D eigenvalue weighted by molar-refractivity contribution is 5.80. The zero-order valence-electron chi connectivity index (χ0n) is 13.9. The smallest absolute Gasteiger partial charge is 0.320 e. The van der Waals surface area contributed by atoms with E-state index in [4.69, 9.17) is 10.5 Å². The molecule has 2 rings (SSSR count). The molecule has 0 radical (unpaired) electrons. The van der Waals surface area contributed by atoms with Gasteiger partial charge in [0, 0.05) is 6.54 Å². The number of nitrogens with two attached hydrogens (primary N) is 1. The number of carboxylic acids is 1. The van der Waals surface area contributed by atoms with E-state index in [0.29, 0.717) is 25.3 Å². The number of carbonyl (C=O) groups excluding carboxylic acids is 2. The maximum atomic E-state index is 12.1. The molecular weight excluding hydrogens is 326 g/mol. The molecule has 1 saturated heterocycles. The van der Waals surface area contributed by atoms with Crippen LogP contribution in [0.3, 0.4) is 0 Å². The van der Waals surface area contributed by atoms with E-state index in [9.17, 15) is 19.5 Å². The SMILES string of the molecule is NC(=O)COc1ccc(CNC(=O)CN2CCCCC2C(=O)O)cc1. The lowest BCUT2D eigenvalue weighted by Gasteiger charge is -2.32. The van der Waals surface area contributed by atoms with Crippen molar-refractivity contribution in [3.05, 3.63) is 29.8 Å². The van der Waals surface area contributed by atoms with Gasteiger partial charge in [0.2, 0.25) is 5.91 Å². The third-order valence-electron chi connectivity index (χ3n) is 4.04. The number of primary amides is 1. The number of rotatable bonds is 8. The van der Waals surface area contributed by atoms with Crippen LogP contribution in [0.2, 0.25) is 0 Å². The largest absolute Gasteiger partial charge is 0.484 e. The summed E-state index contributed by atoms with van der Waals surface area (Å²) in [6.07, 6.45) is 2.36. The lowest BCUT2D eigenvalue weighted by molar-refractivity contribution is -0.145. The molecule has 8 heteroatoms. The molecular formula is C17H23N3O5. The molecule has 4 N–H and O–H groups in total. The summed E-state index contributed by atoms with van der Waals surface area (Å²) in [7, 11) is 0. The molecule has 8 nitrogen and oxygen atoms in total. The van der Waals surface area contributed by atoms with Crippen molar-refractivity contribution in [3.8, 4) is 5.75 Å². The van der Waals surface area contributed by atoms with Crippen molar-refractivity contribution in [3.63, 3.8) is 0 Å². The zero-order valence-corrected chi connectivity index (χ0v) is 13.9. The first-order valence-electron chi connectivity index (χ1n) is 8.19. The van der Waals surface area contributed by atoms with Gasteiger partial charge in [0.15, 0.2) is 6.61 Å². The first-order chi connectivity index (χ1) is 12.0. The monoisotopic (exact) mass is 349 g/mol. The van der Waals surface area contributed by atoms with E-state index in [1.807, 2.05) is 0 Å². The van der Waals surface area contributed by atoms with E-state index >= 15 is 0 Å². The van der Waals surface area contributed by atoms with Gasteiger partial charge in [-0.2, -0.15) is 0 Å². The third kappa shape index (κ3) is 6.07. The Bertz CT molecular complexity index is 617. The summed E-state index contributed by atoms with van der Waals surface area (Å²) in [6.45, 7) is 0.851. The molecule has 1 aromatic carbocycles. The summed E-state index contributed by atoms with van der Waals surface area (Å²) in [5, 5.41) is 12.0. The van der Waals surface area contributed by atoms with Gasteiger partial charge in [0.1, 0.15) is 11.8 Å². The predicted octanol–water partition coefficient (Wildman–Crippen LogP) is 0.106. The maximum absolute atomic E-state index is 12.1. The van der Waals surface area contributed by atoms with Crippen LogP contribution in [-0.2, 0) is 20.9 Å². The number of piperidine rings is 1. The van der Waals surface area contributed by atoms with Crippen molar-refractivity contribution in [2.75, 3.05) is 19.7 Å². The van der Waals surface area contributed by atoms with Gasteiger partial charge in [-0.1, -0.05) is 18.6 Å². The molecule has 1 fully saturated rings. The van der Waals surface area contributed by atoms with Crippen molar-refractivity contribution in [2.45, 2.75) is 31.8 Å². The average Bonchev–Trinajstić information content (AvgIpc) is 2.59. The predicted molar refractivity (Wildman–Crippen MR) is 89.8 cm³/mol. The molecule has 0 saturated carbocycles. The molecule has 25 heavy (non-hydrogen) atoms. The van der Waals surface area contributed by atoms with E-state index in [0.717, 1.165) is 18.4 Å². The summed E-state index contributed by atoms with van der Waals surface area (Å²) in [4.78, 5) is 35.7. The fourth-order valence-corrected chi connectivity index (χ4v) is 2.76. The molecule has 0 aromatic heterocycles. The number of nitrogens with zero attached hydrogens (tertiary/aromatic N) is 1. The molecule has 1 aliphatic rings. The minimum Gasteiger partial charge on any atom is -0.484 e. The Morgan fingerprint density at radius 1 is 1.24 bits per heavy atom. The van der Waals surface area contributed by atoms with Gasteiger partial charge in [-0.3, -0.25) is 19.3 Å². The van der Waals surface area contributed by atoms with Crippen molar-refractivity contribution < 1.29 is 24.2 Å². The Morgan fingerprint density at radius 2 is 1.96 bits per heavy atom. The highest BCUT2D eigenvalue weighted by atomic mass is 16.5. The summed E-state index contributed by atoms with van der Waals surface area (Å²) >= 11 is 0. The van der Waals surface area contributed by atoms with Gasteiger partial charge in [-0.25, -0.2) is 0 Å². The van der Waals surface area contributed by atoms with Gasteiger partial charge in [0.05, 0.1) is 6.54 Å². The fourth-order valence-electron chi connectivity index (χ4n) is 2.76. The van der Waals surface area contributed by atoms with E-state index in [-0.39, 0.29) is 19.1 Å². The molecule has 1 aliphatic heterocycles. The van der Waals surface area contributed by atoms with E-state index in [1.165, 1.54) is 0 Å². The van der Waals surface area contributed by atoms with Gasteiger partial charge in [-0.15, -0.1) is 0 Å². The van der Waals surface area contributed by atoms with Crippen LogP contribution in [0.25, 0.3) is 0 Å². The number of aliphatic carboxylic acids is 1. The number of ether oxygens (including phenoxy) is 1. The lowest BCUT2D eigenvalue weighted by atomic mass is 10.0. The second kappa shape index (κ2) is 9.03. The second-order valence-corrected chi connectivity index (χ2v) is 6.00. The number of hydrogen-bond donors (Lipinski definition) is 3. The Morgan fingerprint density at radius 3 is 2.60 bits per heavy atom. The van der Waals surface area contributed by atoms with Crippen LogP contribution < -0.4 is 15.8 Å². The molecule has 1 atom stereocenters. The van der Waals surface area contributed by atoms with Crippen LogP contribution in [0.5, 0.6) is 5.75 Å². The van der Waals surface area contributed by atoms with E-state index in [2.05, 4.69) is 5.32 Å². The normalized spacial score (nSPS) is 17.7. The molecule has 1 aromatic rings. The minimum absolute atomic E-state index is 0.0801. The van der Waals surface area contributed by atoms with Crippen LogP contribution in [0, 0.1) is 0 Å². The lowest BCUT2D eigenvalue weighted by Crippen LogP contribution is -2.48. The standard InChI is InChI=1S/C17H23N3O5/c18-15(21)11-25-13-6-4-12(5-7-13)9-19-16(22)10-20-8-2-1-3-14(20)17(23)24/h4-7,14H,1-3,8-11H2,(H2,18,21)(H,19,22)(H,23,24). The van der Waals surface area contributed by atoms with Gasteiger partial charge >= 0.3 is 5.97 Å². The molecule has 2 amide bonds. The number of carbonyl (C=O) groups is 3. The van der Waals surface area contributed by atoms with E-state index in [1.54, 1.807) is 29.2 Å². The Hall–Kier alpha value is -2.61. The van der Waals surface area contributed by atoms with Crippen molar-refractivity contribution in [1.29, 1.82) is 0 Å². The molecule has 1 heterocycles. The van der Waals surface area contributed by atoms with Crippen LogP contribution in [0.4, 0.5) is 0 Å². The Kier molecular flexibility index (Phi) is 6.76. The number of carboxylic acid groups (broad SMARTS) is 1. The quantitative estimate of drug-likeness (QED) is 0.612. The van der Waals surface area contributed by atoms with Crippen LogP contribution in [0.15, 0.2) is 24.3 Å². The zero-order chi connectivity index (χ0) is 18.2. The summed E-state index contributed by atoms with van der Waals surface area (Å²) < 4.78 is 5.16. The third-order valence-corrected chi connectivity index (χ3v) is 4.04. The van der Waals surface area contributed by atoms with E-state index < -0.39 is 17.9 Å². The Labute approximate surface area is 145 Å². The first kappa shape index (κ1) is 18.7. The second-order valence-electron chi connectivity index (χ2n) is 6.00. The van der Waals surface area contributed by atoms with Crippen LogP contribution in [0.1, 0.15) is 24.8 Å². The highest BCUT2D eigenvalue weighted by Crippen LogP contribution is 2.17. The number of likely N-dealkylation sites (tertiary alicyclic amines) is 1. The average molecular weight is 349 g/mol. The van der Waals surface area contributed by atoms with Gasteiger partial charge < -0.3 is 20.9 Å². The molecule has 0 bridgehead atoms. The molecule has 0 spiro atoms. The number of benzene rings is 1. The molecule has 1 unspecified atom stereocenters. The summed E-state index contributed by atoms with van der Waals surface area (Å²) in [6, 6.07) is 6.35. The topological polar surface area (TPSA) is 122 Å². The summed E-state index contributed by atoms with van der Waals surface area (Å²) in [5.74, 6) is -1.11. The number of amides is 2. The van der Waals surface area contributed by atoms with Gasteiger partial charge in [-0.05, 0) is 37.1 Å². The summed E-state index contributed by atoms with van der Waals surface area (Å²) in [5.41, 5.74) is 5.87. The fraction of sp³-hybridized carbons (Fsp3) is 0.471. The minimum atomic E-state index is -0.876.